The van der Waals surface area contributed by atoms with Crippen LogP contribution in [0.5, 0.6) is 5.75 Å². The van der Waals surface area contributed by atoms with E-state index < -0.39 is 47.9 Å². The number of hydrogen-bond acceptors (Lipinski definition) is 7. The number of nitrogens with two attached hydrogens (primary N) is 1. The van der Waals surface area contributed by atoms with Gasteiger partial charge in [0.05, 0.1) is 12.4 Å². The molecule has 5 atom stereocenters. The Hall–Kier alpha value is -3.93. The van der Waals surface area contributed by atoms with E-state index in [4.69, 9.17) is 10.8 Å². The number of imidazole rings is 1. The van der Waals surface area contributed by atoms with Gasteiger partial charge in [-0.25, -0.2) is 4.98 Å². The smallest absolute Gasteiger partial charge is 0.325 e. The third-order valence-corrected chi connectivity index (χ3v) is 5.86. The summed E-state index contributed by atoms with van der Waals surface area (Å²) < 4.78 is 0. The number of phenolic OH excluding ortho intramolecular Hbond substituents is 1. The maximum absolute atomic E-state index is 13.3. The fraction of sp³-hybridized carbons (Fsp3) is 0.458. The molecule has 1 aromatic heterocycles. The van der Waals surface area contributed by atoms with Crippen molar-refractivity contribution in [1.82, 2.24) is 25.9 Å². The van der Waals surface area contributed by atoms with Crippen molar-refractivity contribution >= 4 is 23.7 Å². The van der Waals surface area contributed by atoms with E-state index in [-0.39, 0.29) is 24.5 Å². The molecule has 0 bridgehead atoms. The molecule has 12 heteroatoms. The molecule has 0 aliphatic rings. The van der Waals surface area contributed by atoms with Gasteiger partial charge in [-0.15, -0.1) is 0 Å². The molecule has 0 saturated heterocycles. The summed E-state index contributed by atoms with van der Waals surface area (Å²) in [4.78, 5) is 56.8. The van der Waals surface area contributed by atoms with Crippen LogP contribution in [0.15, 0.2) is 36.8 Å². The summed E-state index contributed by atoms with van der Waals surface area (Å²) in [6, 6.07) is 2.04. The standard InChI is InChI=1S/C24H34N6O6/c1-4-13(2)20(23(34)28-14(3)24(35)36)30-22(33)19(10-16-11-26-12-27-16)29-21(32)18(25)9-15-5-7-17(31)8-6-15/h5-8,11-14,18-20,31H,4,9-10,25H2,1-3H3,(H,26,27)(H,28,34)(H,29,32)(H,30,33)(H,35,36). The zero-order valence-corrected chi connectivity index (χ0v) is 20.5. The fourth-order valence-corrected chi connectivity index (χ4v) is 3.40. The molecule has 0 radical (unpaired) electrons. The summed E-state index contributed by atoms with van der Waals surface area (Å²) in [5.74, 6) is -3.27. The number of aliphatic carboxylic acids is 1. The minimum atomic E-state index is -1.20. The van der Waals surface area contributed by atoms with Crippen LogP contribution in [0.4, 0.5) is 0 Å². The van der Waals surface area contributed by atoms with E-state index in [2.05, 4.69) is 25.9 Å². The molecule has 0 spiro atoms. The highest BCUT2D eigenvalue weighted by Crippen LogP contribution is 2.12. The number of aromatic amines is 1. The number of aromatic hydroxyl groups is 1. The van der Waals surface area contributed by atoms with Crippen molar-refractivity contribution in [3.63, 3.8) is 0 Å². The number of H-pyrrole nitrogens is 1. The second kappa shape index (κ2) is 13.2. The van der Waals surface area contributed by atoms with Crippen molar-refractivity contribution in [3.8, 4) is 5.75 Å². The summed E-state index contributed by atoms with van der Waals surface area (Å²) in [6.07, 6.45) is 3.72. The van der Waals surface area contributed by atoms with Crippen molar-refractivity contribution < 1.29 is 29.4 Å². The normalized spacial score (nSPS) is 15.1. The van der Waals surface area contributed by atoms with Crippen molar-refractivity contribution in [3.05, 3.63) is 48.0 Å². The molecule has 0 fully saturated rings. The van der Waals surface area contributed by atoms with Gasteiger partial charge >= 0.3 is 5.97 Å². The van der Waals surface area contributed by atoms with Gasteiger partial charge in [-0.2, -0.15) is 0 Å². The number of carbonyl (C=O) groups is 4. The topological polar surface area (TPSA) is 200 Å². The first-order chi connectivity index (χ1) is 17.0. The van der Waals surface area contributed by atoms with Gasteiger partial charge in [0.15, 0.2) is 0 Å². The first kappa shape index (κ1) is 28.3. The molecule has 5 unspecified atom stereocenters. The average molecular weight is 503 g/mol. The van der Waals surface area contributed by atoms with E-state index in [1.165, 1.54) is 31.6 Å². The summed E-state index contributed by atoms with van der Waals surface area (Å²) in [5.41, 5.74) is 7.37. The maximum Gasteiger partial charge on any atom is 0.325 e. The van der Waals surface area contributed by atoms with Gasteiger partial charge < -0.3 is 36.9 Å². The lowest BCUT2D eigenvalue weighted by atomic mass is 9.97. The minimum absolute atomic E-state index is 0.0594. The van der Waals surface area contributed by atoms with Crippen LogP contribution in [-0.2, 0) is 32.0 Å². The van der Waals surface area contributed by atoms with Crippen molar-refractivity contribution in [2.75, 3.05) is 0 Å². The van der Waals surface area contributed by atoms with Crippen LogP contribution >= 0.6 is 0 Å². The zero-order valence-electron chi connectivity index (χ0n) is 20.5. The lowest BCUT2D eigenvalue weighted by molar-refractivity contribution is -0.142. The monoisotopic (exact) mass is 502 g/mol. The SMILES string of the molecule is CCC(C)C(NC(=O)C(Cc1cnc[nH]1)NC(=O)C(N)Cc1ccc(O)cc1)C(=O)NC(C)C(=O)O. The van der Waals surface area contributed by atoms with E-state index in [0.717, 1.165) is 5.56 Å². The number of amides is 3. The number of nitrogens with one attached hydrogen (secondary N) is 4. The number of carbonyl (C=O) groups excluding carboxylic acids is 3. The lowest BCUT2D eigenvalue weighted by Crippen LogP contribution is -2.59. The molecule has 12 nitrogen and oxygen atoms in total. The second-order valence-corrected chi connectivity index (χ2v) is 8.76. The Bertz CT molecular complexity index is 1030. The molecule has 0 aliphatic heterocycles. The van der Waals surface area contributed by atoms with Crippen LogP contribution in [0.3, 0.4) is 0 Å². The summed E-state index contributed by atoms with van der Waals surface area (Å²) >= 11 is 0. The maximum atomic E-state index is 13.3. The van der Waals surface area contributed by atoms with E-state index in [1.54, 1.807) is 19.1 Å². The Balaban J connectivity index is 2.16. The molecule has 0 saturated carbocycles. The lowest BCUT2D eigenvalue weighted by Gasteiger charge is -2.27. The number of benzene rings is 1. The quantitative estimate of drug-likeness (QED) is 0.196. The molecule has 196 valence electrons. The number of nitrogens with zero attached hydrogens (tertiary/aromatic N) is 1. The largest absolute Gasteiger partial charge is 0.508 e. The average Bonchev–Trinajstić information content (AvgIpc) is 3.35. The third-order valence-electron chi connectivity index (χ3n) is 5.86. The van der Waals surface area contributed by atoms with Crippen molar-refractivity contribution in [2.45, 2.75) is 64.2 Å². The van der Waals surface area contributed by atoms with Crippen LogP contribution in [0.2, 0.25) is 0 Å². The van der Waals surface area contributed by atoms with Gasteiger partial charge in [0.25, 0.3) is 0 Å². The van der Waals surface area contributed by atoms with Gasteiger partial charge in [0, 0.05) is 18.3 Å². The molecular weight excluding hydrogens is 468 g/mol. The minimum Gasteiger partial charge on any atom is -0.508 e. The zero-order chi connectivity index (χ0) is 26.8. The number of rotatable bonds is 13. The number of hydrogen-bond donors (Lipinski definition) is 7. The van der Waals surface area contributed by atoms with Crippen LogP contribution in [0.1, 0.15) is 38.4 Å². The number of phenols is 1. The first-order valence-corrected chi connectivity index (χ1v) is 11.7. The molecule has 3 amide bonds. The fourth-order valence-electron chi connectivity index (χ4n) is 3.40. The Morgan fingerprint density at radius 3 is 2.22 bits per heavy atom. The molecule has 36 heavy (non-hydrogen) atoms. The van der Waals surface area contributed by atoms with Gasteiger partial charge in [-0.3, -0.25) is 19.2 Å². The summed E-state index contributed by atoms with van der Waals surface area (Å²) in [7, 11) is 0. The first-order valence-electron chi connectivity index (χ1n) is 11.7. The van der Waals surface area contributed by atoms with E-state index in [0.29, 0.717) is 12.1 Å². The van der Waals surface area contributed by atoms with Gasteiger partial charge in [0.1, 0.15) is 23.9 Å². The number of carboxylic acid groups (broad SMARTS) is 1. The van der Waals surface area contributed by atoms with E-state index >= 15 is 0 Å². The number of carboxylic acids is 1. The number of aromatic nitrogens is 2. The van der Waals surface area contributed by atoms with Gasteiger partial charge in [0.2, 0.25) is 17.7 Å². The molecule has 2 rings (SSSR count). The van der Waals surface area contributed by atoms with Crippen LogP contribution < -0.4 is 21.7 Å². The molecular formula is C24H34N6O6. The second-order valence-electron chi connectivity index (χ2n) is 8.76. The molecule has 1 aromatic carbocycles. The Labute approximate surface area is 209 Å². The Morgan fingerprint density at radius 2 is 1.67 bits per heavy atom. The van der Waals surface area contributed by atoms with E-state index in [9.17, 15) is 24.3 Å². The molecule has 1 heterocycles. The predicted octanol–water partition coefficient (Wildman–Crippen LogP) is -0.167. The highest BCUT2D eigenvalue weighted by molar-refractivity contribution is 5.94. The van der Waals surface area contributed by atoms with Crippen LogP contribution in [0.25, 0.3) is 0 Å². The molecule has 2 aromatic rings. The highest BCUT2D eigenvalue weighted by Gasteiger charge is 2.32. The van der Waals surface area contributed by atoms with Gasteiger partial charge in [-0.05, 0) is 37.0 Å². The predicted molar refractivity (Wildman–Crippen MR) is 131 cm³/mol. The third kappa shape index (κ3) is 8.38. The highest BCUT2D eigenvalue weighted by atomic mass is 16.4. The summed E-state index contributed by atoms with van der Waals surface area (Å²) in [6.45, 7) is 4.92. The van der Waals surface area contributed by atoms with E-state index in [1.807, 2.05) is 6.92 Å². The van der Waals surface area contributed by atoms with Crippen LogP contribution in [-0.4, -0.2) is 68.0 Å². The van der Waals surface area contributed by atoms with Crippen molar-refractivity contribution in [1.29, 1.82) is 0 Å². The van der Waals surface area contributed by atoms with Crippen LogP contribution in [0, 0.1) is 5.92 Å². The molecule has 0 aliphatic carbocycles. The Morgan fingerprint density at radius 1 is 1.00 bits per heavy atom. The van der Waals surface area contributed by atoms with Crippen molar-refractivity contribution in [2.24, 2.45) is 11.7 Å². The molecule has 8 N–H and O–H groups in total. The Kier molecular flexibility index (Phi) is 10.4. The summed E-state index contributed by atoms with van der Waals surface area (Å²) in [5, 5.41) is 26.2. The van der Waals surface area contributed by atoms with Gasteiger partial charge in [-0.1, -0.05) is 32.4 Å².